The molecule has 2 aliphatic heterocycles. The van der Waals surface area contributed by atoms with E-state index < -0.39 is 0 Å². The first-order chi connectivity index (χ1) is 11.1. The maximum atomic E-state index is 12.1. The Morgan fingerprint density at radius 1 is 1.22 bits per heavy atom. The van der Waals surface area contributed by atoms with Gasteiger partial charge in [0, 0.05) is 18.5 Å². The number of nitrogens with one attached hydrogen (secondary N) is 2. The summed E-state index contributed by atoms with van der Waals surface area (Å²) in [7, 11) is 0. The Morgan fingerprint density at radius 3 is 2.52 bits per heavy atom. The zero-order chi connectivity index (χ0) is 16.2. The molecule has 0 aliphatic carbocycles. The Balaban J connectivity index is 1.36. The number of amides is 1. The van der Waals surface area contributed by atoms with E-state index in [1.54, 1.807) is 0 Å². The summed E-state index contributed by atoms with van der Waals surface area (Å²) in [5, 5.41) is 6.63. The van der Waals surface area contributed by atoms with Crippen LogP contribution in [0.25, 0.3) is 0 Å². The molecule has 3 rings (SSSR count). The van der Waals surface area contributed by atoms with Gasteiger partial charge in [-0.25, -0.2) is 0 Å². The number of hydrogen-bond acceptors (Lipinski definition) is 3. The molecule has 2 fully saturated rings. The van der Waals surface area contributed by atoms with Crippen molar-refractivity contribution in [3.05, 3.63) is 29.3 Å². The lowest BCUT2D eigenvalue weighted by atomic mass is 9.89. The summed E-state index contributed by atoms with van der Waals surface area (Å²) >= 11 is 0. The number of piperidine rings is 1. The number of carbonyl (C=O) groups excluding carboxylic acids is 1. The Morgan fingerprint density at radius 2 is 1.87 bits per heavy atom. The molecule has 1 aromatic rings. The van der Waals surface area contributed by atoms with Crippen LogP contribution in [0.4, 0.5) is 0 Å². The van der Waals surface area contributed by atoms with Crippen LogP contribution in [-0.4, -0.2) is 31.1 Å². The lowest BCUT2D eigenvalue weighted by Crippen LogP contribution is -2.40. The molecule has 1 aromatic carbocycles. The number of fused-ring (bicyclic) bond motifs is 2. The summed E-state index contributed by atoms with van der Waals surface area (Å²) in [6, 6.07) is 7.43. The monoisotopic (exact) mass is 316 g/mol. The molecule has 0 aromatic heterocycles. The van der Waals surface area contributed by atoms with Crippen molar-refractivity contribution >= 4 is 5.91 Å². The van der Waals surface area contributed by atoms with Gasteiger partial charge in [-0.3, -0.25) is 4.79 Å². The largest absolute Gasteiger partial charge is 0.491 e. The van der Waals surface area contributed by atoms with E-state index in [0.717, 1.165) is 29.7 Å². The third-order valence-corrected chi connectivity index (χ3v) is 5.12. The zero-order valence-corrected chi connectivity index (χ0v) is 14.2. The van der Waals surface area contributed by atoms with E-state index >= 15 is 0 Å². The van der Waals surface area contributed by atoms with Gasteiger partial charge < -0.3 is 15.4 Å². The highest BCUT2D eigenvalue weighted by Gasteiger charge is 2.34. The van der Waals surface area contributed by atoms with Crippen molar-refractivity contribution in [1.29, 1.82) is 0 Å². The molecular weight excluding hydrogens is 288 g/mol. The molecular formula is C19H28N2O2. The van der Waals surface area contributed by atoms with Gasteiger partial charge in [-0.05, 0) is 56.6 Å². The molecule has 23 heavy (non-hydrogen) atoms. The van der Waals surface area contributed by atoms with E-state index in [1.165, 1.54) is 12.8 Å². The molecule has 2 heterocycles. The molecule has 0 saturated carbocycles. The second-order valence-corrected chi connectivity index (χ2v) is 7.10. The van der Waals surface area contributed by atoms with Crippen LogP contribution in [0.1, 0.15) is 43.2 Å². The van der Waals surface area contributed by atoms with Crippen molar-refractivity contribution in [2.45, 2.75) is 58.0 Å². The van der Waals surface area contributed by atoms with Gasteiger partial charge in [-0.15, -0.1) is 0 Å². The van der Waals surface area contributed by atoms with E-state index in [1.807, 2.05) is 32.0 Å². The number of ether oxygens (including phenoxy) is 1. The molecule has 2 aliphatic rings. The summed E-state index contributed by atoms with van der Waals surface area (Å²) < 4.78 is 5.83. The Bertz CT molecular complexity index is 526. The number of carbonyl (C=O) groups is 1. The lowest BCUT2D eigenvalue weighted by Gasteiger charge is -2.28. The minimum Gasteiger partial charge on any atom is -0.491 e. The summed E-state index contributed by atoms with van der Waals surface area (Å²) in [6.07, 6.45) is 5.54. The summed E-state index contributed by atoms with van der Waals surface area (Å²) in [6.45, 7) is 5.19. The van der Waals surface area contributed by atoms with Gasteiger partial charge in [0.15, 0.2) is 0 Å². The first kappa shape index (κ1) is 16.3. The zero-order valence-electron chi connectivity index (χ0n) is 14.2. The molecule has 4 nitrogen and oxygen atoms in total. The maximum Gasteiger partial charge on any atom is 0.220 e. The van der Waals surface area contributed by atoms with Crippen LogP contribution < -0.4 is 15.4 Å². The second-order valence-electron chi connectivity index (χ2n) is 7.10. The molecule has 0 radical (unpaired) electrons. The molecule has 2 saturated heterocycles. The highest BCUT2D eigenvalue weighted by Crippen LogP contribution is 2.32. The predicted molar refractivity (Wildman–Crippen MR) is 91.7 cm³/mol. The standard InChI is InChI=1S/C19H28N2O2/c1-13-4-3-5-14(2)19(13)23-9-8-20-18(22)12-15-10-16-6-7-17(11-15)21-16/h3-5,15-17,21H,6-12H2,1-2H3,(H,20,22). The molecule has 1 amide bonds. The molecule has 2 N–H and O–H groups in total. The minimum absolute atomic E-state index is 0.168. The Hall–Kier alpha value is -1.55. The van der Waals surface area contributed by atoms with Crippen molar-refractivity contribution in [1.82, 2.24) is 10.6 Å². The molecule has 4 heteroatoms. The van der Waals surface area contributed by atoms with Gasteiger partial charge in [0.05, 0.1) is 6.54 Å². The van der Waals surface area contributed by atoms with Crippen LogP contribution in [0.15, 0.2) is 18.2 Å². The van der Waals surface area contributed by atoms with E-state index in [9.17, 15) is 4.79 Å². The molecule has 0 spiro atoms. The quantitative estimate of drug-likeness (QED) is 0.794. The predicted octanol–water partition coefficient (Wildman–Crippen LogP) is 2.72. The van der Waals surface area contributed by atoms with E-state index in [4.69, 9.17) is 4.74 Å². The third-order valence-electron chi connectivity index (χ3n) is 5.12. The van der Waals surface area contributed by atoms with Gasteiger partial charge in [0.2, 0.25) is 5.91 Å². The summed E-state index contributed by atoms with van der Waals surface area (Å²) in [5.41, 5.74) is 2.28. The first-order valence-corrected chi connectivity index (χ1v) is 8.83. The van der Waals surface area contributed by atoms with Crippen LogP contribution in [0.3, 0.4) is 0 Å². The van der Waals surface area contributed by atoms with Gasteiger partial charge in [-0.1, -0.05) is 18.2 Å². The number of para-hydroxylation sites is 1. The van der Waals surface area contributed by atoms with Crippen LogP contribution in [0.5, 0.6) is 5.75 Å². The minimum atomic E-state index is 0.168. The molecule has 126 valence electrons. The Kier molecular flexibility index (Phi) is 5.21. The lowest BCUT2D eigenvalue weighted by molar-refractivity contribution is -0.122. The van der Waals surface area contributed by atoms with Crippen LogP contribution >= 0.6 is 0 Å². The summed E-state index contributed by atoms with van der Waals surface area (Å²) in [5.74, 6) is 1.66. The van der Waals surface area contributed by atoms with Crippen molar-refractivity contribution in [2.75, 3.05) is 13.2 Å². The molecule has 2 atom stereocenters. The smallest absolute Gasteiger partial charge is 0.220 e. The number of benzene rings is 1. The maximum absolute atomic E-state index is 12.1. The highest BCUT2D eigenvalue weighted by atomic mass is 16.5. The fourth-order valence-corrected chi connectivity index (χ4v) is 4.05. The Labute approximate surface area is 139 Å². The van der Waals surface area contributed by atoms with Crippen LogP contribution in [0.2, 0.25) is 0 Å². The van der Waals surface area contributed by atoms with E-state index in [-0.39, 0.29) is 5.91 Å². The first-order valence-electron chi connectivity index (χ1n) is 8.83. The highest BCUT2D eigenvalue weighted by molar-refractivity contribution is 5.76. The third kappa shape index (κ3) is 4.25. The molecule has 2 unspecified atom stereocenters. The number of hydrogen-bond donors (Lipinski definition) is 2. The fraction of sp³-hybridized carbons (Fsp3) is 0.632. The van der Waals surface area contributed by atoms with Crippen molar-refractivity contribution in [3.8, 4) is 5.75 Å². The van der Waals surface area contributed by atoms with Gasteiger partial charge in [0.25, 0.3) is 0 Å². The SMILES string of the molecule is Cc1cccc(C)c1OCCNC(=O)CC1CC2CCC(C1)N2. The normalized spacial score (nSPS) is 26.1. The number of rotatable bonds is 6. The van der Waals surface area contributed by atoms with Crippen LogP contribution in [-0.2, 0) is 4.79 Å². The second kappa shape index (κ2) is 7.35. The number of aryl methyl sites for hydroxylation is 2. The van der Waals surface area contributed by atoms with Crippen molar-refractivity contribution < 1.29 is 9.53 Å². The average Bonchev–Trinajstić information content (AvgIpc) is 2.85. The van der Waals surface area contributed by atoms with Crippen LogP contribution in [0, 0.1) is 19.8 Å². The van der Waals surface area contributed by atoms with Crippen molar-refractivity contribution in [2.24, 2.45) is 5.92 Å². The van der Waals surface area contributed by atoms with E-state index in [2.05, 4.69) is 10.6 Å². The topological polar surface area (TPSA) is 50.4 Å². The fourth-order valence-electron chi connectivity index (χ4n) is 4.05. The summed E-state index contributed by atoms with van der Waals surface area (Å²) in [4.78, 5) is 12.1. The van der Waals surface area contributed by atoms with Crippen molar-refractivity contribution in [3.63, 3.8) is 0 Å². The average molecular weight is 316 g/mol. The van der Waals surface area contributed by atoms with Gasteiger partial charge in [0.1, 0.15) is 12.4 Å². The molecule has 2 bridgehead atoms. The van der Waals surface area contributed by atoms with Gasteiger partial charge >= 0.3 is 0 Å². The van der Waals surface area contributed by atoms with Gasteiger partial charge in [-0.2, -0.15) is 0 Å². The van der Waals surface area contributed by atoms with E-state index in [0.29, 0.717) is 37.6 Å².